The molecule has 2 heterocycles. The Morgan fingerprint density at radius 1 is 1.24 bits per heavy atom. The minimum absolute atomic E-state index is 0.0834. The lowest BCUT2D eigenvalue weighted by molar-refractivity contribution is -0.123. The smallest absolute Gasteiger partial charge is 0.265 e. The molecule has 3 aromatic rings. The monoisotopic (exact) mass is 409 g/mol. The van der Waals surface area contributed by atoms with E-state index >= 15 is 0 Å². The van der Waals surface area contributed by atoms with E-state index < -0.39 is 0 Å². The minimum Gasteiger partial charge on any atom is -0.493 e. The number of hydrogen-bond acceptors (Lipinski definition) is 6. The third-order valence-corrected chi connectivity index (χ3v) is 5.08. The Morgan fingerprint density at radius 3 is 2.90 bits per heavy atom. The summed E-state index contributed by atoms with van der Waals surface area (Å²) >= 11 is 1.32. The van der Waals surface area contributed by atoms with Gasteiger partial charge in [-0.3, -0.25) is 14.5 Å². The van der Waals surface area contributed by atoms with Crippen LogP contribution >= 0.6 is 11.3 Å². The molecule has 7 nitrogen and oxygen atoms in total. The predicted molar refractivity (Wildman–Crippen MR) is 112 cm³/mol. The Morgan fingerprint density at radius 2 is 2.03 bits per heavy atom. The maximum atomic E-state index is 12.5. The molecule has 2 aromatic carbocycles. The van der Waals surface area contributed by atoms with Crippen LogP contribution < -0.4 is 19.7 Å². The number of amides is 2. The molecule has 0 unspecified atom stereocenters. The third-order valence-electron chi connectivity index (χ3n) is 4.32. The van der Waals surface area contributed by atoms with Gasteiger partial charge >= 0.3 is 0 Å². The highest BCUT2D eigenvalue weighted by atomic mass is 32.1. The molecule has 0 saturated carbocycles. The Labute approximate surface area is 171 Å². The number of aromatic nitrogens is 1. The first kappa shape index (κ1) is 18.9. The van der Waals surface area contributed by atoms with Crippen molar-refractivity contribution in [1.82, 2.24) is 4.98 Å². The Bertz CT molecular complexity index is 1050. The van der Waals surface area contributed by atoms with Gasteiger partial charge in [0.15, 0.2) is 11.7 Å². The van der Waals surface area contributed by atoms with Crippen molar-refractivity contribution in [1.29, 1.82) is 0 Å². The van der Waals surface area contributed by atoms with Crippen molar-refractivity contribution < 1.29 is 19.1 Å². The van der Waals surface area contributed by atoms with Crippen LogP contribution in [0.25, 0.3) is 11.3 Å². The highest BCUT2D eigenvalue weighted by Crippen LogP contribution is 2.33. The zero-order valence-corrected chi connectivity index (χ0v) is 16.6. The molecular weight excluding hydrogens is 390 g/mol. The summed E-state index contributed by atoms with van der Waals surface area (Å²) in [6.07, 6.45) is 0. The van der Waals surface area contributed by atoms with Crippen LogP contribution in [0.15, 0.2) is 53.9 Å². The van der Waals surface area contributed by atoms with Gasteiger partial charge in [-0.25, -0.2) is 4.98 Å². The second-order valence-corrected chi connectivity index (χ2v) is 7.11. The number of carbonyl (C=O) groups is 2. The fourth-order valence-electron chi connectivity index (χ4n) is 3.04. The number of thiazole rings is 1. The average Bonchev–Trinajstić information content (AvgIpc) is 3.19. The van der Waals surface area contributed by atoms with Crippen molar-refractivity contribution in [3.05, 3.63) is 53.9 Å². The van der Waals surface area contributed by atoms with E-state index in [-0.39, 0.29) is 25.0 Å². The lowest BCUT2D eigenvalue weighted by Crippen LogP contribution is -2.43. The SMILES string of the molecule is CCOc1ccccc1-c1csc(NC(=O)CN2C(=O)COc3ccccc32)n1. The number of fused-ring (bicyclic) bond motifs is 1. The van der Waals surface area contributed by atoms with Crippen LogP contribution in [0.5, 0.6) is 11.5 Å². The first-order valence-electron chi connectivity index (χ1n) is 9.15. The van der Waals surface area contributed by atoms with Crippen molar-refractivity contribution in [2.24, 2.45) is 0 Å². The maximum absolute atomic E-state index is 12.5. The molecule has 0 aliphatic carbocycles. The molecule has 1 N–H and O–H groups in total. The molecule has 1 aliphatic heterocycles. The lowest BCUT2D eigenvalue weighted by atomic mass is 10.1. The highest BCUT2D eigenvalue weighted by molar-refractivity contribution is 7.14. The van der Waals surface area contributed by atoms with E-state index in [1.807, 2.05) is 42.6 Å². The van der Waals surface area contributed by atoms with Gasteiger partial charge in [-0.1, -0.05) is 24.3 Å². The molecule has 1 aromatic heterocycles. The summed E-state index contributed by atoms with van der Waals surface area (Å²) in [4.78, 5) is 30.7. The lowest BCUT2D eigenvalue weighted by Gasteiger charge is -2.28. The van der Waals surface area contributed by atoms with Gasteiger partial charge < -0.3 is 14.8 Å². The van der Waals surface area contributed by atoms with E-state index in [0.29, 0.717) is 23.2 Å². The molecule has 0 saturated heterocycles. The summed E-state index contributed by atoms with van der Waals surface area (Å²) in [6.45, 7) is 2.29. The number of ether oxygens (including phenoxy) is 2. The van der Waals surface area contributed by atoms with E-state index in [1.54, 1.807) is 18.2 Å². The van der Waals surface area contributed by atoms with Crippen molar-refractivity contribution >= 4 is 34.0 Å². The van der Waals surface area contributed by atoms with Crippen molar-refractivity contribution in [3.8, 4) is 22.8 Å². The molecule has 0 fully saturated rings. The van der Waals surface area contributed by atoms with Crippen LogP contribution in [-0.4, -0.2) is 36.6 Å². The Balaban J connectivity index is 1.47. The summed E-state index contributed by atoms with van der Waals surface area (Å²) in [6, 6.07) is 14.8. The van der Waals surface area contributed by atoms with Crippen LogP contribution in [0.3, 0.4) is 0 Å². The second kappa shape index (κ2) is 8.32. The van der Waals surface area contributed by atoms with Gasteiger partial charge in [0.1, 0.15) is 18.0 Å². The number of benzene rings is 2. The number of nitrogens with zero attached hydrogens (tertiary/aromatic N) is 2. The molecule has 0 atom stereocenters. The van der Waals surface area contributed by atoms with Gasteiger partial charge in [0.25, 0.3) is 5.91 Å². The van der Waals surface area contributed by atoms with Gasteiger partial charge in [0.05, 0.1) is 18.0 Å². The van der Waals surface area contributed by atoms with E-state index in [2.05, 4.69) is 10.3 Å². The number of rotatable bonds is 6. The molecule has 29 heavy (non-hydrogen) atoms. The zero-order chi connectivity index (χ0) is 20.2. The zero-order valence-electron chi connectivity index (χ0n) is 15.8. The van der Waals surface area contributed by atoms with Crippen LogP contribution in [0, 0.1) is 0 Å². The predicted octanol–water partition coefficient (Wildman–Crippen LogP) is 3.57. The van der Waals surface area contributed by atoms with Crippen molar-refractivity contribution in [3.63, 3.8) is 0 Å². The largest absolute Gasteiger partial charge is 0.493 e. The average molecular weight is 409 g/mol. The molecule has 4 rings (SSSR count). The fraction of sp³-hybridized carbons (Fsp3) is 0.190. The summed E-state index contributed by atoms with van der Waals surface area (Å²) < 4.78 is 11.1. The molecule has 0 bridgehead atoms. The summed E-state index contributed by atoms with van der Waals surface area (Å²) in [7, 11) is 0. The van der Waals surface area contributed by atoms with E-state index in [0.717, 1.165) is 17.0 Å². The molecule has 1 aliphatic rings. The molecule has 8 heteroatoms. The van der Waals surface area contributed by atoms with Crippen LogP contribution in [0.2, 0.25) is 0 Å². The standard InChI is InChI=1S/C21H19N3O4S/c1-2-27-17-9-5-3-7-14(17)15-13-29-21(22-15)23-19(25)11-24-16-8-4-6-10-18(16)28-12-20(24)26/h3-10,13H,2,11-12H2,1H3,(H,22,23,25). The molecule has 2 amide bonds. The number of carbonyl (C=O) groups excluding carboxylic acids is 2. The van der Waals surface area contributed by atoms with Gasteiger partial charge in [0.2, 0.25) is 5.91 Å². The highest BCUT2D eigenvalue weighted by Gasteiger charge is 2.27. The Hall–Kier alpha value is -3.39. The van der Waals surface area contributed by atoms with Gasteiger partial charge in [-0.2, -0.15) is 0 Å². The molecular formula is C21H19N3O4S. The number of hydrogen-bond donors (Lipinski definition) is 1. The van der Waals surface area contributed by atoms with Crippen molar-refractivity contribution in [2.75, 3.05) is 30.0 Å². The first-order valence-corrected chi connectivity index (χ1v) is 10.0. The molecule has 148 valence electrons. The van der Waals surface area contributed by atoms with Crippen LogP contribution in [-0.2, 0) is 9.59 Å². The first-order chi connectivity index (χ1) is 14.2. The summed E-state index contributed by atoms with van der Waals surface area (Å²) in [5, 5.41) is 5.10. The number of para-hydroxylation sites is 3. The normalized spacial score (nSPS) is 12.9. The van der Waals surface area contributed by atoms with E-state index in [1.165, 1.54) is 16.2 Å². The van der Waals surface area contributed by atoms with E-state index in [4.69, 9.17) is 9.47 Å². The molecule has 0 spiro atoms. The second-order valence-electron chi connectivity index (χ2n) is 6.25. The number of nitrogens with one attached hydrogen (secondary N) is 1. The van der Waals surface area contributed by atoms with Crippen molar-refractivity contribution in [2.45, 2.75) is 6.92 Å². The van der Waals surface area contributed by atoms with Gasteiger partial charge in [0, 0.05) is 10.9 Å². The summed E-state index contributed by atoms with van der Waals surface area (Å²) in [5.74, 6) is 0.746. The molecule has 0 radical (unpaired) electrons. The van der Waals surface area contributed by atoms with Crippen LogP contribution in [0.1, 0.15) is 6.92 Å². The fourth-order valence-corrected chi connectivity index (χ4v) is 3.77. The number of anilines is 2. The van der Waals surface area contributed by atoms with Gasteiger partial charge in [-0.15, -0.1) is 11.3 Å². The van der Waals surface area contributed by atoms with Gasteiger partial charge in [-0.05, 0) is 31.2 Å². The third kappa shape index (κ3) is 4.07. The maximum Gasteiger partial charge on any atom is 0.265 e. The van der Waals surface area contributed by atoms with E-state index in [9.17, 15) is 9.59 Å². The topological polar surface area (TPSA) is 80.8 Å². The minimum atomic E-state index is -0.325. The Kier molecular flexibility index (Phi) is 5.44. The van der Waals surface area contributed by atoms with Crippen LogP contribution in [0.4, 0.5) is 10.8 Å². The quantitative estimate of drug-likeness (QED) is 0.673. The summed E-state index contributed by atoms with van der Waals surface area (Å²) in [5.41, 5.74) is 2.18.